The normalized spacial score (nSPS) is 12.2. The third-order valence-corrected chi connectivity index (χ3v) is 3.59. The van der Waals surface area contributed by atoms with Crippen LogP contribution in [0.3, 0.4) is 0 Å². The van der Waals surface area contributed by atoms with E-state index in [1.165, 1.54) is 12.1 Å². The molecular weight excluding hydrogens is 260 g/mol. The summed E-state index contributed by atoms with van der Waals surface area (Å²) in [6.45, 7) is 4.16. The van der Waals surface area contributed by atoms with Gasteiger partial charge in [-0.3, -0.25) is 10.1 Å². The van der Waals surface area contributed by atoms with Crippen molar-refractivity contribution >= 4 is 34.7 Å². The van der Waals surface area contributed by atoms with Crippen molar-refractivity contribution < 1.29 is 4.92 Å². The monoisotopic (exact) mass is 274 g/mol. The second-order valence-electron chi connectivity index (χ2n) is 3.63. The van der Waals surface area contributed by atoms with Gasteiger partial charge in [-0.2, -0.15) is 11.8 Å². The fourth-order valence-electron chi connectivity index (χ4n) is 1.34. The number of nitrogens with zero attached hydrogens (tertiary/aromatic N) is 1. The lowest BCUT2D eigenvalue weighted by Crippen LogP contribution is -2.18. The first-order valence-corrected chi connectivity index (χ1v) is 6.86. The Morgan fingerprint density at radius 3 is 2.82 bits per heavy atom. The van der Waals surface area contributed by atoms with Crippen molar-refractivity contribution in [3.8, 4) is 0 Å². The summed E-state index contributed by atoms with van der Waals surface area (Å²) in [5.74, 6) is 2.05. The summed E-state index contributed by atoms with van der Waals surface area (Å²) in [5, 5.41) is 14.2. The molecule has 0 aromatic heterocycles. The van der Waals surface area contributed by atoms with Crippen LogP contribution in [-0.2, 0) is 0 Å². The van der Waals surface area contributed by atoms with Gasteiger partial charge in [0.2, 0.25) is 0 Å². The minimum Gasteiger partial charge on any atom is -0.381 e. The minimum atomic E-state index is -0.452. The van der Waals surface area contributed by atoms with Gasteiger partial charge in [0, 0.05) is 23.9 Å². The lowest BCUT2D eigenvalue weighted by Gasteiger charge is -2.15. The van der Waals surface area contributed by atoms with Crippen LogP contribution in [0.25, 0.3) is 0 Å². The number of hydrogen-bond acceptors (Lipinski definition) is 4. The molecule has 0 aliphatic heterocycles. The number of nitro groups is 1. The van der Waals surface area contributed by atoms with Crippen LogP contribution < -0.4 is 5.32 Å². The first-order valence-electron chi connectivity index (χ1n) is 5.32. The predicted molar refractivity (Wildman–Crippen MR) is 74.2 cm³/mol. The van der Waals surface area contributed by atoms with Crippen molar-refractivity contribution in [1.82, 2.24) is 0 Å². The van der Waals surface area contributed by atoms with Gasteiger partial charge < -0.3 is 5.32 Å². The molecule has 0 spiro atoms. The van der Waals surface area contributed by atoms with E-state index in [4.69, 9.17) is 11.6 Å². The molecule has 4 nitrogen and oxygen atoms in total. The summed E-state index contributed by atoms with van der Waals surface area (Å²) in [6, 6.07) is 4.74. The molecule has 1 N–H and O–H groups in total. The Kier molecular flexibility index (Phi) is 5.58. The number of halogens is 1. The van der Waals surface area contributed by atoms with Gasteiger partial charge in [0.05, 0.1) is 15.6 Å². The molecule has 1 rings (SSSR count). The molecule has 0 fully saturated rings. The summed E-state index contributed by atoms with van der Waals surface area (Å²) >= 11 is 7.81. The highest BCUT2D eigenvalue weighted by molar-refractivity contribution is 7.99. The maximum absolute atomic E-state index is 10.6. The Hall–Kier alpha value is -0.940. The van der Waals surface area contributed by atoms with Crippen LogP contribution in [-0.4, -0.2) is 22.5 Å². The Morgan fingerprint density at radius 2 is 2.29 bits per heavy atom. The predicted octanol–water partition coefficient (Wildman–Crippen LogP) is 3.80. The largest absolute Gasteiger partial charge is 0.381 e. The molecule has 1 atom stereocenters. The first kappa shape index (κ1) is 14.1. The molecule has 1 aromatic carbocycles. The van der Waals surface area contributed by atoms with Crippen LogP contribution in [0.4, 0.5) is 11.4 Å². The van der Waals surface area contributed by atoms with Crippen LogP contribution in [0.15, 0.2) is 18.2 Å². The van der Waals surface area contributed by atoms with E-state index in [1.54, 1.807) is 6.07 Å². The topological polar surface area (TPSA) is 55.2 Å². The van der Waals surface area contributed by atoms with E-state index in [2.05, 4.69) is 19.2 Å². The maximum Gasteiger partial charge on any atom is 0.271 e. The van der Waals surface area contributed by atoms with Crippen molar-refractivity contribution in [2.75, 3.05) is 16.8 Å². The zero-order valence-electron chi connectivity index (χ0n) is 9.77. The molecule has 6 heteroatoms. The van der Waals surface area contributed by atoms with Crippen LogP contribution in [0.5, 0.6) is 0 Å². The summed E-state index contributed by atoms with van der Waals surface area (Å²) in [7, 11) is 0. The highest BCUT2D eigenvalue weighted by Gasteiger charge is 2.10. The number of hydrogen-bond donors (Lipinski definition) is 1. The second kappa shape index (κ2) is 6.71. The number of thioether (sulfide) groups is 1. The molecule has 1 aromatic rings. The molecule has 17 heavy (non-hydrogen) atoms. The third-order valence-electron chi connectivity index (χ3n) is 2.14. The number of rotatable bonds is 6. The highest BCUT2D eigenvalue weighted by atomic mass is 35.5. The lowest BCUT2D eigenvalue weighted by molar-refractivity contribution is -0.384. The maximum atomic E-state index is 10.6. The van der Waals surface area contributed by atoms with E-state index < -0.39 is 4.92 Å². The summed E-state index contributed by atoms with van der Waals surface area (Å²) in [4.78, 5) is 10.1. The number of nitro benzene ring substituents is 1. The van der Waals surface area contributed by atoms with Gasteiger partial charge in [0.25, 0.3) is 5.69 Å². The highest BCUT2D eigenvalue weighted by Crippen LogP contribution is 2.27. The molecule has 1 unspecified atom stereocenters. The Bertz CT molecular complexity index is 401. The molecule has 94 valence electrons. The number of anilines is 1. The molecular formula is C11H15ClN2O2S. The molecule has 0 radical (unpaired) electrons. The fraction of sp³-hybridized carbons (Fsp3) is 0.455. The van der Waals surface area contributed by atoms with Crippen molar-refractivity contribution in [2.24, 2.45) is 0 Å². The van der Waals surface area contributed by atoms with Crippen molar-refractivity contribution in [1.29, 1.82) is 0 Å². The summed E-state index contributed by atoms with van der Waals surface area (Å²) in [6.07, 6.45) is 0. The lowest BCUT2D eigenvalue weighted by atomic mass is 10.2. The van der Waals surface area contributed by atoms with Gasteiger partial charge >= 0.3 is 0 Å². The molecule has 0 aliphatic carbocycles. The van der Waals surface area contributed by atoms with Crippen molar-refractivity contribution in [3.05, 3.63) is 33.3 Å². The number of non-ortho nitro benzene ring substituents is 1. The van der Waals surface area contributed by atoms with Crippen LogP contribution in [0.1, 0.15) is 13.8 Å². The van der Waals surface area contributed by atoms with E-state index >= 15 is 0 Å². The average molecular weight is 275 g/mol. The van der Waals surface area contributed by atoms with Crippen LogP contribution in [0, 0.1) is 10.1 Å². The smallest absolute Gasteiger partial charge is 0.271 e. The molecule has 0 aliphatic rings. The molecule has 0 bridgehead atoms. The zero-order valence-corrected chi connectivity index (χ0v) is 11.3. The minimum absolute atomic E-state index is 0.0103. The van der Waals surface area contributed by atoms with Gasteiger partial charge in [0.15, 0.2) is 0 Å². The summed E-state index contributed by atoms with van der Waals surface area (Å²) in [5.41, 5.74) is 0.748. The number of benzene rings is 1. The molecule has 0 saturated carbocycles. The van der Waals surface area contributed by atoms with Gasteiger partial charge in [0.1, 0.15) is 0 Å². The van der Waals surface area contributed by atoms with Gasteiger partial charge in [-0.15, -0.1) is 0 Å². The fourth-order valence-corrected chi connectivity index (χ4v) is 2.24. The quantitative estimate of drug-likeness (QED) is 0.633. The van der Waals surface area contributed by atoms with Crippen molar-refractivity contribution in [3.63, 3.8) is 0 Å². The van der Waals surface area contributed by atoms with E-state index in [0.717, 1.165) is 17.2 Å². The molecule has 0 amide bonds. The van der Waals surface area contributed by atoms with E-state index in [0.29, 0.717) is 5.02 Å². The van der Waals surface area contributed by atoms with Crippen LogP contribution >= 0.6 is 23.4 Å². The Morgan fingerprint density at radius 1 is 1.59 bits per heavy atom. The van der Waals surface area contributed by atoms with E-state index in [-0.39, 0.29) is 11.7 Å². The zero-order chi connectivity index (χ0) is 12.8. The summed E-state index contributed by atoms with van der Waals surface area (Å²) < 4.78 is 0. The van der Waals surface area contributed by atoms with Gasteiger partial charge in [-0.25, -0.2) is 0 Å². The van der Waals surface area contributed by atoms with Crippen LogP contribution in [0.2, 0.25) is 5.02 Å². The van der Waals surface area contributed by atoms with Gasteiger partial charge in [-0.05, 0) is 18.7 Å². The molecule has 0 heterocycles. The van der Waals surface area contributed by atoms with Crippen molar-refractivity contribution in [2.45, 2.75) is 19.9 Å². The van der Waals surface area contributed by atoms with E-state index in [1.807, 2.05) is 11.8 Å². The second-order valence-corrected chi connectivity index (χ2v) is 5.35. The Balaban J connectivity index is 2.69. The SMILES string of the molecule is CCSCC(C)Nc1ccc([N+](=O)[O-])cc1Cl. The van der Waals surface area contributed by atoms with Gasteiger partial charge in [-0.1, -0.05) is 18.5 Å². The third kappa shape index (κ3) is 4.44. The first-order chi connectivity index (χ1) is 8.04. The Labute approximate surface area is 110 Å². The average Bonchev–Trinajstić information content (AvgIpc) is 2.28. The standard InChI is InChI=1S/C11H15ClN2O2S/c1-3-17-7-8(2)13-11-5-4-9(14(15)16)6-10(11)12/h4-6,8,13H,3,7H2,1-2H3. The number of nitrogens with one attached hydrogen (secondary N) is 1. The molecule has 0 saturated heterocycles. The van der Waals surface area contributed by atoms with E-state index in [9.17, 15) is 10.1 Å².